The molecule has 0 fully saturated rings. The molecular weight excluding hydrogens is 245 g/mol. The molecule has 0 amide bonds. The van der Waals surface area contributed by atoms with Crippen LogP contribution in [0.4, 0.5) is 4.39 Å². The number of thiophene rings is 1. The summed E-state index contributed by atoms with van der Waals surface area (Å²) in [6.07, 6.45) is 1.71. The van der Waals surface area contributed by atoms with E-state index in [1.807, 2.05) is 19.2 Å². The van der Waals surface area contributed by atoms with E-state index in [1.165, 1.54) is 16.5 Å². The molecule has 1 heterocycles. The molecule has 1 unspecified atom stereocenters. The Labute approximate surface area is 112 Å². The molecule has 1 aromatic carbocycles. The molecule has 0 bridgehead atoms. The molecule has 1 aromatic heterocycles. The Hall–Kier alpha value is -1.19. The number of hydrogen-bond donors (Lipinski definition) is 1. The Morgan fingerprint density at radius 2 is 2.00 bits per heavy atom. The quantitative estimate of drug-likeness (QED) is 0.861. The minimum absolute atomic E-state index is 0.118. The summed E-state index contributed by atoms with van der Waals surface area (Å²) >= 11 is 1.75. The van der Waals surface area contributed by atoms with Gasteiger partial charge in [-0.05, 0) is 48.5 Å². The maximum Gasteiger partial charge on any atom is 0.126 e. The van der Waals surface area contributed by atoms with Crippen molar-refractivity contribution in [1.29, 1.82) is 0 Å². The van der Waals surface area contributed by atoms with Crippen molar-refractivity contribution in [2.45, 2.75) is 25.8 Å². The third-order valence-corrected chi connectivity index (χ3v) is 4.28. The molecule has 96 valence electrons. The smallest absolute Gasteiger partial charge is 0.126 e. The van der Waals surface area contributed by atoms with Gasteiger partial charge in [-0.25, -0.2) is 4.39 Å². The molecule has 3 heteroatoms. The lowest BCUT2D eigenvalue weighted by Gasteiger charge is -2.17. The Morgan fingerprint density at radius 3 is 2.67 bits per heavy atom. The standard InChI is InChI=1S/C15H18FNS/c1-3-11-8-9-18-15(11)14(17-2)10-12-6-4-5-7-13(12)16/h4-9,14,17H,3,10H2,1-2H3. The van der Waals surface area contributed by atoms with E-state index in [0.29, 0.717) is 6.42 Å². The van der Waals surface area contributed by atoms with Crippen LogP contribution in [0, 0.1) is 5.82 Å². The van der Waals surface area contributed by atoms with Crippen molar-refractivity contribution in [2.24, 2.45) is 0 Å². The lowest BCUT2D eigenvalue weighted by atomic mass is 10.0. The molecular formula is C15H18FNS. The summed E-state index contributed by atoms with van der Waals surface area (Å²) in [4.78, 5) is 1.32. The number of aryl methyl sites for hydroxylation is 1. The number of rotatable bonds is 5. The molecule has 0 saturated carbocycles. The van der Waals surface area contributed by atoms with E-state index < -0.39 is 0 Å². The van der Waals surface area contributed by atoms with Crippen molar-refractivity contribution in [3.8, 4) is 0 Å². The molecule has 0 aliphatic heterocycles. The van der Waals surface area contributed by atoms with Crippen LogP contribution in [0.2, 0.25) is 0 Å². The third-order valence-electron chi connectivity index (χ3n) is 3.21. The zero-order valence-corrected chi connectivity index (χ0v) is 11.6. The van der Waals surface area contributed by atoms with E-state index in [-0.39, 0.29) is 11.9 Å². The lowest BCUT2D eigenvalue weighted by Crippen LogP contribution is -2.19. The maximum atomic E-state index is 13.7. The van der Waals surface area contributed by atoms with E-state index in [2.05, 4.69) is 23.7 Å². The largest absolute Gasteiger partial charge is 0.312 e. The fraction of sp³-hybridized carbons (Fsp3) is 0.333. The molecule has 0 aliphatic carbocycles. The van der Waals surface area contributed by atoms with Crippen LogP contribution in [-0.4, -0.2) is 7.05 Å². The van der Waals surface area contributed by atoms with E-state index >= 15 is 0 Å². The Morgan fingerprint density at radius 1 is 1.22 bits per heavy atom. The molecule has 1 atom stereocenters. The minimum atomic E-state index is -0.118. The van der Waals surface area contributed by atoms with Gasteiger partial charge in [-0.3, -0.25) is 0 Å². The van der Waals surface area contributed by atoms with Crippen molar-refractivity contribution in [3.05, 3.63) is 57.5 Å². The van der Waals surface area contributed by atoms with Gasteiger partial charge in [0, 0.05) is 10.9 Å². The molecule has 1 nitrogen and oxygen atoms in total. The van der Waals surface area contributed by atoms with Crippen molar-refractivity contribution in [2.75, 3.05) is 7.05 Å². The van der Waals surface area contributed by atoms with Gasteiger partial charge in [0.25, 0.3) is 0 Å². The van der Waals surface area contributed by atoms with Crippen molar-refractivity contribution >= 4 is 11.3 Å². The van der Waals surface area contributed by atoms with Crippen molar-refractivity contribution in [1.82, 2.24) is 5.32 Å². The first-order valence-corrected chi connectivity index (χ1v) is 7.11. The van der Waals surface area contributed by atoms with Crippen LogP contribution in [-0.2, 0) is 12.8 Å². The van der Waals surface area contributed by atoms with Gasteiger partial charge in [0.15, 0.2) is 0 Å². The maximum absolute atomic E-state index is 13.7. The first-order chi connectivity index (χ1) is 8.76. The van der Waals surface area contributed by atoms with Gasteiger partial charge in [-0.2, -0.15) is 0 Å². The van der Waals surface area contributed by atoms with Crippen LogP contribution in [0.25, 0.3) is 0 Å². The second-order valence-corrected chi connectivity index (χ2v) is 5.25. The predicted octanol–water partition coefficient (Wildman–Crippen LogP) is 3.95. The zero-order valence-electron chi connectivity index (χ0n) is 10.7. The summed E-state index contributed by atoms with van der Waals surface area (Å²) < 4.78 is 13.7. The van der Waals surface area contributed by atoms with Crippen molar-refractivity contribution < 1.29 is 4.39 Å². The summed E-state index contributed by atoms with van der Waals surface area (Å²) in [6, 6.07) is 9.36. The highest BCUT2D eigenvalue weighted by Gasteiger charge is 2.16. The molecule has 1 N–H and O–H groups in total. The van der Waals surface area contributed by atoms with Gasteiger partial charge in [0.1, 0.15) is 5.82 Å². The van der Waals surface area contributed by atoms with Gasteiger partial charge >= 0.3 is 0 Å². The van der Waals surface area contributed by atoms with E-state index in [1.54, 1.807) is 17.4 Å². The van der Waals surface area contributed by atoms with Crippen LogP contribution < -0.4 is 5.32 Å². The summed E-state index contributed by atoms with van der Waals surface area (Å²) in [7, 11) is 1.94. The molecule has 2 rings (SSSR count). The molecule has 0 saturated heterocycles. The summed E-state index contributed by atoms with van der Waals surface area (Å²) in [5, 5.41) is 5.41. The third kappa shape index (κ3) is 2.79. The number of halogens is 1. The van der Waals surface area contributed by atoms with Crippen LogP contribution in [0.1, 0.15) is 29.0 Å². The summed E-state index contributed by atoms with van der Waals surface area (Å²) in [5.74, 6) is -0.118. The number of likely N-dealkylation sites (N-methyl/N-ethyl adjacent to an activating group) is 1. The van der Waals surface area contributed by atoms with E-state index in [9.17, 15) is 4.39 Å². The topological polar surface area (TPSA) is 12.0 Å². The Balaban J connectivity index is 2.23. The fourth-order valence-electron chi connectivity index (χ4n) is 2.15. The minimum Gasteiger partial charge on any atom is -0.312 e. The first kappa shape index (κ1) is 13.2. The highest BCUT2D eigenvalue weighted by Crippen LogP contribution is 2.28. The van der Waals surface area contributed by atoms with Crippen LogP contribution in [0.15, 0.2) is 35.7 Å². The van der Waals surface area contributed by atoms with Crippen LogP contribution in [0.5, 0.6) is 0 Å². The molecule has 0 radical (unpaired) electrons. The monoisotopic (exact) mass is 263 g/mol. The highest BCUT2D eigenvalue weighted by atomic mass is 32.1. The molecule has 2 aromatic rings. The SMILES string of the molecule is CCc1ccsc1C(Cc1ccccc1F)NC. The van der Waals surface area contributed by atoms with Gasteiger partial charge in [-0.1, -0.05) is 25.1 Å². The highest BCUT2D eigenvalue weighted by molar-refractivity contribution is 7.10. The van der Waals surface area contributed by atoms with Gasteiger partial charge in [0.05, 0.1) is 0 Å². The van der Waals surface area contributed by atoms with Gasteiger partial charge in [0.2, 0.25) is 0 Å². The zero-order chi connectivity index (χ0) is 13.0. The number of hydrogen-bond acceptors (Lipinski definition) is 2. The molecule has 0 aliphatic rings. The normalized spacial score (nSPS) is 12.6. The van der Waals surface area contributed by atoms with Gasteiger partial charge in [-0.15, -0.1) is 11.3 Å². The van der Waals surface area contributed by atoms with E-state index in [0.717, 1.165) is 12.0 Å². The molecule has 0 spiro atoms. The number of benzene rings is 1. The van der Waals surface area contributed by atoms with E-state index in [4.69, 9.17) is 0 Å². The second-order valence-electron chi connectivity index (χ2n) is 4.30. The fourth-order valence-corrected chi connectivity index (χ4v) is 3.26. The first-order valence-electron chi connectivity index (χ1n) is 6.23. The second kappa shape index (κ2) is 6.12. The predicted molar refractivity (Wildman–Crippen MR) is 75.6 cm³/mol. The Kier molecular flexibility index (Phi) is 4.50. The number of nitrogens with one attached hydrogen (secondary N) is 1. The lowest BCUT2D eigenvalue weighted by molar-refractivity contribution is 0.557. The summed E-state index contributed by atoms with van der Waals surface area (Å²) in [6.45, 7) is 2.15. The Bertz CT molecular complexity index is 507. The van der Waals surface area contributed by atoms with Crippen molar-refractivity contribution in [3.63, 3.8) is 0 Å². The molecule has 18 heavy (non-hydrogen) atoms. The average molecular weight is 263 g/mol. The average Bonchev–Trinajstić information content (AvgIpc) is 2.86. The van der Waals surface area contributed by atoms with Crippen LogP contribution in [0.3, 0.4) is 0 Å². The summed E-state index contributed by atoms with van der Waals surface area (Å²) in [5.41, 5.74) is 2.13. The van der Waals surface area contributed by atoms with Crippen LogP contribution >= 0.6 is 11.3 Å². The van der Waals surface area contributed by atoms with Gasteiger partial charge < -0.3 is 5.32 Å².